The lowest BCUT2D eigenvalue weighted by molar-refractivity contribution is -0.124. The van der Waals surface area contributed by atoms with E-state index in [1.165, 1.54) is 16.7 Å². The molecule has 0 saturated heterocycles. The fraction of sp³-hybridized carbons (Fsp3) is 0.500. The monoisotopic (exact) mass is 234 g/mol. The van der Waals surface area contributed by atoms with E-state index in [0.29, 0.717) is 6.42 Å². The molecule has 1 aromatic carbocycles. The van der Waals surface area contributed by atoms with Crippen LogP contribution in [0.15, 0.2) is 18.2 Å². The number of hydrogen-bond donors (Lipinski definition) is 1. The molecule has 1 N–H and O–H groups in total. The van der Waals surface area contributed by atoms with Crippen LogP contribution in [0.1, 0.15) is 29.5 Å². The van der Waals surface area contributed by atoms with Gasteiger partial charge in [-0.1, -0.05) is 18.2 Å². The maximum atomic E-state index is 11.4. The molecule has 0 radical (unpaired) electrons. The molecule has 0 atom stereocenters. The maximum absolute atomic E-state index is 11.4. The summed E-state index contributed by atoms with van der Waals surface area (Å²) in [6.07, 6.45) is 2.43. The first-order valence-electron chi connectivity index (χ1n) is 6.02. The Morgan fingerprint density at radius 3 is 2.53 bits per heavy atom. The second-order valence-electron chi connectivity index (χ2n) is 4.70. The van der Waals surface area contributed by atoms with Crippen LogP contribution in [0, 0.1) is 13.8 Å². The van der Waals surface area contributed by atoms with Crippen molar-refractivity contribution in [1.82, 2.24) is 10.4 Å². The lowest BCUT2D eigenvalue weighted by atomic mass is 10.0. The second kappa shape index (κ2) is 6.40. The Morgan fingerprint density at radius 2 is 1.94 bits per heavy atom. The van der Waals surface area contributed by atoms with Gasteiger partial charge in [-0.3, -0.25) is 10.2 Å². The Morgan fingerprint density at radius 1 is 1.24 bits per heavy atom. The van der Waals surface area contributed by atoms with E-state index in [2.05, 4.69) is 37.5 Å². The molecule has 0 unspecified atom stereocenters. The van der Waals surface area contributed by atoms with Gasteiger partial charge < -0.3 is 0 Å². The number of rotatable bonds is 5. The molecule has 0 aliphatic heterocycles. The Bertz CT molecular complexity index is 386. The first-order valence-corrected chi connectivity index (χ1v) is 6.02. The number of hydrazine groups is 1. The molecular weight excluding hydrogens is 212 g/mol. The number of hydrogen-bond acceptors (Lipinski definition) is 2. The molecule has 0 aliphatic carbocycles. The number of aryl methyl sites for hydroxylation is 3. The molecule has 0 fully saturated rings. The summed E-state index contributed by atoms with van der Waals surface area (Å²) in [6.45, 7) is 4.24. The van der Waals surface area contributed by atoms with Crippen LogP contribution < -0.4 is 5.43 Å². The minimum Gasteiger partial charge on any atom is -0.289 e. The first-order chi connectivity index (χ1) is 7.99. The van der Waals surface area contributed by atoms with Crippen molar-refractivity contribution in [3.8, 4) is 0 Å². The number of nitrogens with one attached hydrogen (secondary N) is 1. The summed E-state index contributed by atoms with van der Waals surface area (Å²) in [4.78, 5) is 11.4. The zero-order valence-corrected chi connectivity index (χ0v) is 11.2. The van der Waals surface area contributed by atoms with Crippen LogP contribution in [0.25, 0.3) is 0 Å². The van der Waals surface area contributed by atoms with Crippen molar-refractivity contribution >= 4 is 5.91 Å². The minimum absolute atomic E-state index is 0.0823. The molecule has 1 amide bonds. The van der Waals surface area contributed by atoms with Gasteiger partial charge in [0.2, 0.25) is 5.91 Å². The van der Waals surface area contributed by atoms with Gasteiger partial charge >= 0.3 is 0 Å². The van der Waals surface area contributed by atoms with Gasteiger partial charge in [-0.25, -0.2) is 5.01 Å². The van der Waals surface area contributed by atoms with E-state index in [1.807, 2.05) is 14.1 Å². The Labute approximate surface area is 104 Å². The standard InChI is InChI=1S/C14H22N2O/c1-11-8-9-13(10-12(11)2)6-5-7-14(17)15-16(3)4/h8-10H,5-7H2,1-4H3,(H,15,17). The predicted molar refractivity (Wildman–Crippen MR) is 70.7 cm³/mol. The van der Waals surface area contributed by atoms with Crippen molar-refractivity contribution in [1.29, 1.82) is 0 Å². The van der Waals surface area contributed by atoms with E-state index in [0.717, 1.165) is 12.8 Å². The number of carbonyl (C=O) groups excluding carboxylic acids is 1. The van der Waals surface area contributed by atoms with E-state index < -0.39 is 0 Å². The Kier molecular flexibility index (Phi) is 5.16. The summed E-state index contributed by atoms with van der Waals surface area (Å²) in [5.41, 5.74) is 6.69. The molecule has 17 heavy (non-hydrogen) atoms. The highest BCUT2D eigenvalue weighted by atomic mass is 16.2. The van der Waals surface area contributed by atoms with Gasteiger partial charge in [0, 0.05) is 20.5 Å². The van der Waals surface area contributed by atoms with Gasteiger partial charge in [0.1, 0.15) is 0 Å². The molecule has 0 heterocycles. The number of nitrogens with zero attached hydrogens (tertiary/aromatic N) is 1. The maximum Gasteiger partial charge on any atom is 0.234 e. The third-order valence-corrected chi connectivity index (χ3v) is 2.79. The largest absolute Gasteiger partial charge is 0.289 e. The summed E-state index contributed by atoms with van der Waals surface area (Å²) in [5, 5.41) is 1.68. The van der Waals surface area contributed by atoms with Crippen molar-refractivity contribution in [2.24, 2.45) is 0 Å². The topological polar surface area (TPSA) is 32.3 Å². The van der Waals surface area contributed by atoms with Gasteiger partial charge in [0.15, 0.2) is 0 Å². The van der Waals surface area contributed by atoms with E-state index in [-0.39, 0.29) is 5.91 Å². The van der Waals surface area contributed by atoms with Gasteiger partial charge in [0.25, 0.3) is 0 Å². The fourth-order valence-corrected chi connectivity index (χ4v) is 1.72. The average molecular weight is 234 g/mol. The van der Waals surface area contributed by atoms with Crippen LogP contribution in [0.4, 0.5) is 0 Å². The normalized spacial score (nSPS) is 10.6. The van der Waals surface area contributed by atoms with Crippen molar-refractivity contribution in [2.75, 3.05) is 14.1 Å². The molecule has 0 saturated carbocycles. The third-order valence-electron chi connectivity index (χ3n) is 2.79. The highest BCUT2D eigenvalue weighted by Crippen LogP contribution is 2.12. The molecule has 0 aliphatic rings. The average Bonchev–Trinajstić information content (AvgIpc) is 2.22. The molecule has 1 aromatic rings. The van der Waals surface area contributed by atoms with Crippen molar-refractivity contribution in [3.05, 3.63) is 34.9 Å². The lowest BCUT2D eigenvalue weighted by Gasteiger charge is -2.11. The van der Waals surface area contributed by atoms with Crippen LogP contribution in [0.2, 0.25) is 0 Å². The van der Waals surface area contributed by atoms with Crippen molar-refractivity contribution in [3.63, 3.8) is 0 Å². The van der Waals surface area contributed by atoms with E-state index in [4.69, 9.17) is 0 Å². The zero-order chi connectivity index (χ0) is 12.8. The Hall–Kier alpha value is -1.35. The molecule has 3 nitrogen and oxygen atoms in total. The Balaban J connectivity index is 2.36. The predicted octanol–water partition coefficient (Wildman–Crippen LogP) is 2.22. The summed E-state index contributed by atoms with van der Waals surface area (Å²) in [5.74, 6) is 0.0823. The summed E-state index contributed by atoms with van der Waals surface area (Å²) >= 11 is 0. The molecule has 0 aromatic heterocycles. The number of carbonyl (C=O) groups is 1. The zero-order valence-electron chi connectivity index (χ0n) is 11.2. The molecule has 0 spiro atoms. The van der Waals surface area contributed by atoms with Gasteiger partial charge in [-0.15, -0.1) is 0 Å². The van der Waals surface area contributed by atoms with Crippen LogP contribution >= 0.6 is 0 Å². The summed E-state index contributed by atoms with van der Waals surface area (Å²) < 4.78 is 0. The van der Waals surface area contributed by atoms with Gasteiger partial charge in [-0.2, -0.15) is 0 Å². The fourth-order valence-electron chi connectivity index (χ4n) is 1.72. The smallest absolute Gasteiger partial charge is 0.234 e. The summed E-state index contributed by atoms with van der Waals surface area (Å²) in [7, 11) is 3.64. The number of benzene rings is 1. The van der Waals surface area contributed by atoms with Crippen molar-refractivity contribution in [2.45, 2.75) is 33.1 Å². The van der Waals surface area contributed by atoms with Gasteiger partial charge in [-0.05, 0) is 43.4 Å². The number of amides is 1. The molecule has 3 heteroatoms. The van der Waals surface area contributed by atoms with Crippen LogP contribution in [0.3, 0.4) is 0 Å². The third kappa shape index (κ3) is 5.00. The highest BCUT2D eigenvalue weighted by molar-refractivity contribution is 5.75. The summed E-state index contributed by atoms with van der Waals surface area (Å²) in [6, 6.07) is 6.50. The second-order valence-corrected chi connectivity index (χ2v) is 4.70. The van der Waals surface area contributed by atoms with Crippen LogP contribution in [-0.2, 0) is 11.2 Å². The van der Waals surface area contributed by atoms with Crippen LogP contribution in [-0.4, -0.2) is 25.0 Å². The SMILES string of the molecule is Cc1ccc(CCCC(=O)NN(C)C)cc1C. The molecule has 94 valence electrons. The van der Waals surface area contributed by atoms with E-state index in [1.54, 1.807) is 5.01 Å². The van der Waals surface area contributed by atoms with Gasteiger partial charge in [0.05, 0.1) is 0 Å². The van der Waals surface area contributed by atoms with Crippen molar-refractivity contribution < 1.29 is 4.79 Å². The van der Waals surface area contributed by atoms with E-state index in [9.17, 15) is 4.79 Å². The highest BCUT2D eigenvalue weighted by Gasteiger charge is 2.02. The minimum atomic E-state index is 0.0823. The quantitative estimate of drug-likeness (QED) is 0.792. The first kappa shape index (κ1) is 13.7. The molecule has 1 rings (SSSR count). The van der Waals surface area contributed by atoms with Crippen LogP contribution in [0.5, 0.6) is 0 Å². The lowest BCUT2D eigenvalue weighted by Crippen LogP contribution is -2.35. The van der Waals surface area contributed by atoms with E-state index >= 15 is 0 Å². The molecular formula is C14H22N2O. The molecule has 0 bridgehead atoms.